The Hall–Kier alpha value is -3.44. The molecule has 0 aliphatic heterocycles. The molecule has 0 fully saturated rings. The summed E-state index contributed by atoms with van der Waals surface area (Å²) in [5.74, 6) is -0.504. The second kappa shape index (κ2) is 8.49. The predicted molar refractivity (Wildman–Crippen MR) is 116 cm³/mol. The predicted octanol–water partition coefficient (Wildman–Crippen LogP) is 5.23. The van der Waals surface area contributed by atoms with Gasteiger partial charge >= 0.3 is 6.18 Å². The molecule has 4 rings (SSSR count). The second-order valence-electron chi connectivity index (χ2n) is 6.74. The third-order valence-corrected chi connectivity index (χ3v) is 6.62. The van der Waals surface area contributed by atoms with E-state index in [1.807, 2.05) is 0 Å². The molecule has 0 unspecified atom stereocenters. The van der Waals surface area contributed by atoms with Crippen molar-refractivity contribution in [1.82, 2.24) is 15.0 Å². The first-order valence-electron chi connectivity index (χ1n) is 9.23. The average Bonchev–Trinajstić information content (AvgIpc) is 2.78. The van der Waals surface area contributed by atoms with Gasteiger partial charge in [0.15, 0.2) is 5.82 Å². The van der Waals surface area contributed by atoms with Gasteiger partial charge in [0.05, 0.1) is 17.6 Å². The summed E-state index contributed by atoms with van der Waals surface area (Å²) in [4.78, 5) is 11.6. The molecule has 33 heavy (non-hydrogen) atoms. The van der Waals surface area contributed by atoms with Crippen LogP contribution in [0.2, 0.25) is 5.15 Å². The average molecular weight is 495 g/mol. The fraction of sp³-hybridized carbons (Fsp3) is 0.0952. The molecule has 0 radical (unpaired) electrons. The first-order valence-corrected chi connectivity index (χ1v) is 11.0. The van der Waals surface area contributed by atoms with Gasteiger partial charge in [0.2, 0.25) is 0 Å². The summed E-state index contributed by atoms with van der Waals surface area (Å²) in [7, 11) is -3.25. The number of methoxy groups -OCH3 is 1. The summed E-state index contributed by atoms with van der Waals surface area (Å²) in [5, 5.41) is 1.25. The van der Waals surface area contributed by atoms with Crippen molar-refractivity contribution >= 4 is 43.9 Å². The summed E-state index contributed by atoms with van der Waals surface area (Å²) in [6, 6.07) is 9.66. The highest BCUT2D eigenvalue weighted by Gasteiger charge is 2.35. The van der Waals surface area contributed by atoms with Crippen LogP contribution in [0.25, 0.3) is 10.8 Å². The maximum atomic E-state index is 13.8. The van der Waals surface area contributed by atoms with Gasteiger partial charge in [-0.3, -0.25) is 4.98 Å². The van der Waals surface area contributed by atoms with E-state index in [0.717, 1.165) is 29.9 Å². The number of fused-ring (bicyclic) bond motifs is 1. The third kappa shape index (κ3) is 4.41. The van der Waals surface area contributed by atoms with E-state index in [0.29, 0.717) is 16.8 Å². The van der Waals surface area contributed by atoms with E-state index in [2.05, 4.69) is 15.0 Å². The normalized spacial score (nSPS) is 12.0. The van der Waals surface area contributed by atoms with Crippen LogP contribution in [-0.2, 0) is 16.2 Å². The quantitative estimate of drug-likeness (QED) is 0.353. The molecular weight excluding hydrogens is 481 g/mol. The molecule has 4 aromatic rings. The van der Waals surface area contributed by atoms with E-state index in [9.17, 15) is 21.6 Å². The van der Waals surface area contributed by atoms with E-state index in [-0.39, 0.29) is 27.3 Å². The number of ether oxygens (including phenoxy) is 1. The van der Waals surface area contributed by atoms with Crippen molar-refractivity contribution < 1.29 is 26.3 Å². The summed E-state index contributed by atoms with van der Waals surface area (Å²) < 4.78 is 73.1. The first kappa shape index (κ1) is 22.7. The van der Waals surface area contributed by atoms with Crippen LogP contribution in [0.15, 0.2) is 72.1 Å². The molecule has 0 saturated carbocycles. The molecule has 2 aromatic heterocycles. The van der Waals surface area contributed by atoms with Crippen molar-refractivity contribution in [2.24, 2.45) is 0 Å². The SMILES string of the molecule is COc1cc(C(F)(F)F)ccc1N(c1cc(Cl)ncn1)S(=O)(=O)c1ccc2cnccc2c1. The molecule has 0 saturated heterocycles. The molecule has 0 aliphatic carbocycles. The largest absolute Gasteiger partial charge is 0.495 e. The Labute approximate surface area is 191 Å². The maximum absolute atomic E-state index is 13.8. The molecule has 2 aromatic carbocycles. The number of hydrogen-bond donors (Lipinski definition) is 0. The van der Waals surface area contributed by atoms with Gasteiger partial charge in [0.25, 0.3) is 10.0 Å². The van der Waals surface area contributed by atoms with Crippen LogP contribution in [0.1, 0.15) is 5.56 Å². The smallest absolute Gasteiger partial charge is 0.416 e. The van der Waals surface area contributed by atoms with E-state index in [1.165, 1.54) is 24.4 Å². The Morgan fingerprint density at radius 3 is 2.48 bits per heavy atom. The third-order valence-electron chi connectivity index (χ3n) is 4.70. The van der Waals surface area contributed by atoms with Gasteiger partial charge in [-0.05, 0) is 41.8 Å². The first-order chi connectivity index (χ1) is 15.6. The second-order valence-corrected chi connectivity index (χ2v) is 8.91. The topological polar surface area (TPSA) is 85.3 Å². The van der Waals surface area contributed by atoms with Crippen LogP contribution < -0.4 is 9.04 Å². The molecule has 7 nitrogen and oxygen atoms in total. The Kier molecular flexibility index (Phi) is 5.85. The highest BCUT2D eigenvalue weighted by Crippen LogP contribution is 2.41. The van der Waals surface area contributed by atoms with Gasteiger partial charge in [-0.15, -0.1) is 0 Å². The van der Waals surface area contributed by atoms with Crippen molar-refractivity contribution in [1.29, 1.82) is 0 Å². The van der Waals surface area contributed by atoms with Crippen molar-refractivity contribution in [2.75, 3.05) is 11.4 Å². The maximum Gasteiger partial charge on any atom is 0.416 e. The lowest BCUT2D eigenvalue weighted by atomic mass is 10.2. The van der Waals surface area contributed by atoms with Gasteiger partial charge in [-0.25, -0.2) is 22.7 Å². The molecule has 0 amide bonds. The summed E-state index contributed by atoms with van der Waals surface area (Å²) in [6.07, 6.45) is -0.519. The van der Waals surface area contributed by atoms with E-state index in [1.54, 1.807) is 18.3 Å². The number of hydrogen-bond acceptors (Lipinski definition) is 6. The molecular formula is C21H14ClF3N4O3S. The Bertz CT molecular complexity index is 1450. The van der Waals surface area contributed by atoms with Crippen LogP contribution in [0.5, 0.6) is 5.75 Å². The van der Waals surface area contributed by atoms with Gasteiger partial charge in [-0.2, -0.15) is 13.2 Å². The van der Waals surface area contributed by atoms with Crippen LogP contribution in [0, 0.1) is 0 Å². The van der Waals surface area contributed by atoms with E-state index >= 15 is 0 Å². The lowest BCUT2D eigenvalue weighted by Crippen LogP contribution is -2.28. The fourth-order valence-electron chi connectivity index (χ4n) is 3.16. The number of pyridine rings is 1. The molecule has 170 valence electrons. The van der Waals surface area contributed by atoms with E-state index < -0.39 is 21.8 Å². The fourth-order valence-corrected chi connectivity index (χ4v) is 4.78. The standard InChI is InChI=1S/C21H14ClF3N4O3S/c1-32-18-9-15(21(23,24)25)3-5-17(18)29(20-10-19(22)27-12-28-20)33(30,31)16-4-2-14-11-26-7-6-13(14)8-16/h2-12H,1H3. The van der Waals surface area contributed by atoms with Crippen LogP contribution in [-0.4, -0.2) is 30.5 Å². The number of rotatable bonds is 5. The van der Waals surface area contributed by atoms with Crippen molar-refractivity contribution in [3.8, 4) is 5.75 Å². The minimum Gasteiger partial charge on any atom is -0.495 e. The zero-order chi connectivity index (χ0) is 23.8. The number of alkyl halides is 3. The highest BCUT2D eigenvalue weighted by atomic mass is 35.5. The van der Waals surface area contributed by atoms with Crippen molar-refractivity contribution in [3.05, 3.63) is 78.0 Å². The van der Waals surface area contributed by atoms with Crippen molar-refractivity contribution in [3.63, 3.8) is 0 Å². The molecule has 2 heterocycles. The Morgan fingerprint density at radius 1 is 1.00 bits per heavy atom. The molecule has 0 aliphatic rings. The monoisotopic (exact) mass is 494 g/mol. The molecule has 0 bridgehead atoms. The van der Waals surface area contributed by atoms with Crippen LogP contribution in [0.4, 0.5) is 24.7 Å². The summed E-state index contributed by atoms with van der Waals surface area (Å²) in [5.41, 5.74) is -1.19. The lowest BCUT2D eigenvalue weighted by Gasteiger charge is -2.26. The molecule has 0 N–H and O–H groups in total. The van der Waals surface area contributed by atoms with Crippen molar-refractivity contribution in [2.45, 2.75) is 11.1 Å². The highest BCUT2D eigenvalue weighted by molar-refractivity contribution is 7.93. The van der Waals surface area contributed by atoms with Crippen LogP contribution in [0.3, 0.4) is 0 Å². The minimum atomic E-state index is -4.65. The number of sulfonamides is 1. The number of nitrogens with zero attached hydrogens (tertiary/aromatic N) is 4. The van der Waals surface area contributed by atoms with Gasteiger partial charge in [0, 0.05) is 23.8 Å². The molecule has 0 spiro atoms. The number of anilines is 2. The molecule has 12 heteroatoms. The molecule has 0 atom stereocenters. The van der Waals surface area contributed by atoms with Crippen LogP contribution >= 0.6 is 11.6 Å². The van der Waals surface area contributed by atoms with E-state index in [4.69, 9.17) is 16.3 Å². The zero-order valence-corrected chi connectivity index (χ0v) is 18.4. The van der Waals surface area contributed by atoms with Gasteiger partial charge in [0.1, 0.15) is 22.9 Å². The Balaban J connectivity index is 1.96. The Morgan fingerprint density at radius 2 is 1.79 bits per heavy atom. The summed E-state index contributed by atoms with van der Waals surface area (Å²) >= 11 is 5.95. The number of benzene rings is 2. The summed E-state index contributed by atoms with van der Waals surface area (Å²) in [6.45, 7) is 0. The van der Waals surface area contributed by atoms with Gasteiger partial charge < -0.3 is 4.74 Å². The number of halogens is 4. The van der Waals surface area contributed by atoms with Gasteiger partial charge in [-0.1, -0.05) is 17.7 Å². The zero-order valence-electron chi connectivity index (χ0n) is 16.8. The lowest BCUT2D eigenvalue weighted by molar-refractivity contribution is -0.137. The number of aromatic nitrogens is 3. The minimum absolute atomic E-state index is 0.0596.